The number of carbonyl (C=O) groups excluding carboxylic acids is 2. The molecule has 1 N–H and O–H groups in total. The highest BCUT2D eigenvalue weighted by atomic mass is 35.5. The number of hydrogen-bond acceptors (Lipinski definition) is 4. The Morgan fingerprint density at radius 2 is 2.04 bits per heavy atom. The molecule has 2 aromatic rings. The molecule has 1 aromatic carbocycles. The largest absolute Gasteiger partial charge is 0.452 e. The third-order valence-corrected chi connectivity index (χ3v) is 4.62. The van der Waals surface area contributed by atoms with Gasteiger partial charge in [-0.25, -0.2) is 4.79 Å². The van der Waals surface area contributed by atoms with E-state index >= 15 is 0 Å². The van der Waals surface area contributed by atoms with Crippen molar-refractivity contribution in [2.75, 3.05) is 11.9 Å². The maximum absolute atomic E-state index is 12.0. The van der Waals surface area contributed by atoms with Gasteiger partial charge >= 0.3 is 5.97 Å². The van der Waals surface area contributed by atoms with Crippen LogP contribution in [0.15, 0.2) is 24.3 Å². The van der Waals surface area contributed by atoms with Gasteiger partial charge in [0.25, 0.3) is 5.91 Å². The minimum Gasteiger partial charge on any atom is -0.452 e. The molecule has 1 amide bonds. The minimum absolute atomic E-state index is 0.362. The van der Waals surface area contributed by atoms with E-state index in [-0.39, 0.29) is 6.61 Å². The third-order valence-electron chi connectivity index (χ3n) is 4.22. The Labute approximate surface area is 170 Å². The molecule has 150 valence electrons. The zero-order valence-corrected chi connectivity index (χ0v) is 17.5. The lowest BCUT2D eigenvalue weighted by Crippen LogP contribution is -2.20. The second-order valence-corrected chi connectivity index (χ2v) is 7.03. The van der Waals surface area contributed by atoms with Gasteiger partial charge in [-0.3, -0.25) is 9.48 Å². The summed E-state index contributed by atoms with van der Waals surface area (Å²) in [5, 5.41) is 7.60. The van der Waals surface area contributed by atoms with E-state index in [4.69, 9.17) is 16.3 Å². The Bertz CT molecular complexity index is 887. The normalized spacial score (nSPS) is 11.0. The van der Waals surface area contributed by atoms with Crippen LogP contribution in [0.2, 0.25) is 5.15 Å². The monoisotopic (exact) mass is 403 g/mol. The zero-order valence-electron chi connectivity index (χ0n) is 16.7. The molecule has 0 atom stereocenters. The average molecular weight is 404 g/mol. The number of rotatable bonds is 8. The summed E-state index contributed by atoms with van der Waals surface area (Å²) in [6, 6.07) is 5.70. The average Bonchev–Trinajstić information content (AvgIpc) is 2.92. The molecule has 0 aliphatic carbocycles. The van der Waals surface area contributed by atoms with Gasteiger partial charge in [0, 0.05) is 23.9 Å². The van der Waals surface area contributed by atoms with Crippen LogP contribution < -0.4 is 5.32 Å². The highest BCUT2D eigenvalue weighted by molar-refractivity contribution is 6.31. The summed E-state index contributed by atoms with van der Waals surface area (Å²) in [4.78, 5) is 23.9. The van der Waals surface area contributed by atoms with Crippen LogP contribution in [0.4, 0.5) is 5.69 Å². The smallest absolute Gasteiger partial charge is 0.331 e. The van der Waals surface area contributed by atoms with Crippen molar-refractivity contribution >= 4 is 35.2 Å². The molecule has 0 aliphatic rings. The maximum atomic E-state index is 12.0. The topological polar surface area (TPSA) is 73.2 Å². The Morgan fingerprint density at radius 1 is 1.29 bits per heavy atom. The molecule has 0 unspecified atom stereocenters. The van der Waals surface area contributed by atoms with Crippen LogP contribution in [0.5, 0.6) is 0 Å². The summed E-state index contributed by atoms with van der Waals surface area (Å²) < 4.78 is 6.73. The van der Waals surface area contributed by atoms with E-state index in [9.17, 15) is 9.59 Å². The zero-order chi connectivity index (χ0) is 20.7. The summed E-state index contributed by atoms with van der Waals surface area (Å²) in [6.07, 6.45) is 4.83. The number of aromatic nitrogens is 2. The number of carbonyl (C=O) groups is 2. The predicted molar refractivity (Wildman–Crippen MR) is 111 cm³/mol. The van der Waals surface area contributed by atoms with E-state index in [1.54, 1.807) is 10.8 Å². The lowest BCUT2D eigenvalue weighted by molar-refractivity contribution is -0.142. The Morgan fingerprint density at radius 3 is 2.71 bits per heavy atom. The lowest BCUT2D eigenvalue weighted by atomic mass is 10.1. The SMILES string of the molecule is CCCCn1nc(C)c(/C=C/C(=O)OCC(=O)Nc2ccc(C)cc2C)c1Cl. The van der Waals surface area contributed by atoms with E-state index in [0.29, 0.717) is 16.4 Å². The molecule has 2 rings (SSSR count). The molecular formula is C21H26ClN3O3. The van der Waals surface area contributed by atoms with Crippen molar-refractivity contribution in [2.45, 2.75) is 47.1 Å². The Hall–Kier alpha value is -2.60. The van der Waals surface area contributed by atoms with Crippen molar-refractivity contribution in [1.29, 1.82) is 0 Å². The van der Waals surface area contributed by atoms with Crippen molar-refractivity contribution in [3.63, 3.8) is 0 Å². The predicted octanol–water partition coefficient (Wildman–Crippen LogP) is 4.46. The number of benzene rings is 1. The van der Waals surface area contributed by atoms with Crippen LogP contribution in [0, 0.1) is 20.8 Å². The molecule has 28 heavy (non-hydrogen) atoms. The number of nitrogens with one attached hydrogen (secondary N) is 1. The van der Waals surface area contributed by atoms with Crippen LogP contribution in [-0.2, 0) is 20.9 Å². The first-order valence-corrected chi connectivity index (χ1v) is 9.64. The molecule has 0 spiro atoms. The fraction of sp³-hybridized carbons (Fsp3) is 0.381. The highest BCUT2D eigenvalue weighted by Crippen LogP contribution is 2.22. The summed E-state index contributed by atoms with van der Waals surface area (Å²) in [5.74, 6) is -1.01. The number of ether oxygens (including phenoxy) is 1. The summed E-state index contributed by atoms with van der Waals surface area (Å²) >= 11 is 6.33. The molecule has 7 heteroatoms. The molecule has 0 saturated heterocycles. The first kappa shape index (κ1) is 21.7. The summed E-state index contributed by atoms with van der Waals surface area (Å²) in [5.41, 5.74) is 4.17. The standard InChI is InChI=1S/C21H26ClN3O3/c1-5-6-11-25-21(22)17(16(4)24-25)8-10-20(27)28-13-19(26)23-18-9-7-14(2)12-15(18)3/h7-10,12H,5-6,11,13H2,1-4H3,(H,23,26)/b10-8+. The van der Waals surface area contributed by atoms with Gasteiger partial charge in [0.05, 0.1) is 5.69 Å². The van der Waals surface area contributed by atoms with Gasteiger partial charge < -0.3 is 10.1 Å². The van der Waals surface area contributed by atoms with E-state index < -0.39 is 11.9 Å². The van der Waals surface area contributed by atoms with Crippen molar-refractivity contribution in [3.8, 4) is 0 Å². The first-order chi connectivity index (χ1) is 13.3. The minimum atomic E-state index is -0.618. The Kier molecular flexibility index (Phi) is 7.81. The van der Waals surface area contributed by atoms with Crippen LogP contribution >= 0.6 is 11.6 Å². The lowest BCUT2D eigenvalue weighted by Gasteiger charge is -2.09. The number of aryl methyl sites for hydroxylation is 4. The fourth-order valence-corrected chi connectivity index (χ4v) is 3.01. The molecular weight excluding hydrogens is 378 g/mol. The number of amides is 1. The van der Waals surface area contributed by atoms with E-state index in [0.717, 1.165) is 36.2 Å². The maximum Gasteiger partial charge on any atom is 0.331 e. The van der Waals surface area contributed by atoms with E-state index in [2.05, 4.69) is 17.3 Å². The molecule has 0 bridgehead atoms. The van der Waals surface area contributed by atoms with Crippen LogP contribution in [-0.4, -0.2) is 28.3 Å². The van der Waals surface area contributed by atoms with E-state index in [1.165, 1.54) is 6.08 Å². The number of nitrogens with zero attached hydrogens (tertiary/aromatic N) is 2. The van der Waals surface area contributed by atoms with Crippen molar-refractivity contribution in [3.05, 3.63) is 51.8 Å². The van der Waals surface area contributed by atoms with E-state index in [1.807, 2.05) is 39.0 Å². The Balaban J connectivity index is 1.90. The second-order valence-electron chi connectivity index (χ2n) is 6.67. The first-order valence-electron chi connectivity index (χ1n) is 9.26. The number of hydrogen-bond donors (Lipinski definition) is 1. The molecule has 0 saturated carbocycles. The van der Waals surface area contributed by atoms with Crippen molar-refractivity contribution in [1.82, 2.24) is 9.78 Å². The third kappa shape index (κ3) is 5.96. The quantitative estimate of drug-likeness (QED) is 0.521. The van der Waals surface area contributed by atoms with Gasteiger partial charge in [-0.15, -0.1) is 0 Å². The summed E-state index contributed by atoms with van der Waals surface area (Å²) in [6.45, 7) is 8.18. The van der Waals surface area contributed by atoms with Gasteiger partial charge in [0.1, 0.15) is 5.15 Å². The number of halogens is 1. The number of unbranched alkanes of at least 4 members (excludes halogenated alkanes) is 1. The summed E-state index contributed by atoms with van der Waals surface area (Å²) in [7, 11) is 0. The molecule has 6 nitrogen and oxygen atoms in total. The molecule has 0 radical (unpaired) electrons. The number of esters is 1. The van der Waals surface area contributed by atoms with Crippen LogP contribution in [0.3, 0.4) is 0 Å². The van der Waals surface area contributed by atoms with Gasteiger partial charge in [-0.1, -0.05) is 42.6 Å². The fourth-order valence-electron chi connectivity index (χ4n) is 2.69. The van der Waals surface area contributed by atoms with Crippen molar-refractivity contribution in [2.24, 2.45) is 0 Å². The van der Waals surface area contributed by atoms with Crippen LogP contribution in [0.25, 0.3) is 6.08 Å². The van der Waals surface area contributed by atoms with Crippen LogP contribution in [0.1, 0.15) is 42.1 Å². The van der Waals surface area contributed by atoms with Crippen molar-refractivity contribution < 1.29 is 14.3 Å². The molecule has 1 heterocycles. The van der Waals surface area contributed by atoms with Gasteiger partial charge in [-0.2, -0.15) is 5.10 Å². The number of anilines is 1. The highest BCUT2D eigenvalue weighted by Gasteiger charge is 2.12. The second kappa shape index (κ2) is 10.1. The molecule has 0 fully saturated rings. The molecule has 0 aliphatic heterocycles. The van der Waals surface area contributed by atoms with Gasteiger partial charge in [0.15, 0.2) is 6.61 Å². The van der Waals surface area contributed by atoms with Gasteiger partial charge in [-0.05, 0) is 44.9 Å². The van der Waals surface area contributed by atoms with Gasteiger partial charge in [0.2, 0.25) is 0 Å². The molecule has 1 aromatic heterocycles.